The van der Waals surface area contributed by atoms with Gasteiger partial charge < -0.3 is 16.0 Å². The Kier molecular flexibility index (Phi) is 4.17. The molecule has 1 aromatic rings. The molecule has 7 heteroatoms. The monoisotopic (exact) mass is 287 g/mol. The molecule has 1 aliphatic heterocycles. The van der Waals surface area contributed by atoms with Crippen molar-refractivity contribution in [3.63, 3.8) is 0 Å². The summed E-state index contributed by atoms with van der Waals surface area (Å²) in [5.41, 5.74) is 4.64. The number of nitrogens with one attached hydrogen (secondary N) is 1. The lowest BCUT2D eigenvalue weighted by Gasteiger charge is -2.18. The van der Waals surface area contributed by atoms with Crippen LogP contribution in [0.15, 0.2) is 18.2 Å². The Bertz CT molecular complexity index is 496. The van der Waals surface area contributed by atoms with Crippen LogP contribution in [-0.4, -0.2) is 24.0 Å². The predicted molar refractivity (Wildman–Crippen MR) is 69.2 cm³/mol. The Labute approximate surface area is 114 Å². The zero-order valence-electron chi connectivity index (χ0n) is 10.8. The second kappa shape index (κ2) is 5.70. The van der Waals surface area contributed by atoms with E-state index in [2.05, 4.69) is 5.32 Å². The summed E-state index contributed by atoms with van der Waals surface area (Å²) in [6.45, 7) is 1.08. The zero-order valence-corrected chi connectivity index (χ0v) is 10.8. The first-order chi connectivity index (χ1) is 9.41. The maximum absolute atomic E-state index is 12.9. The quantitative estimate of drug-likeness (QED) is 0.878. The van der Waals surface area contributed by atoms with Crippen LogP contribution in [0, 0.1) is 0 Å². The van der Waals surface area contributed by atoms with E-state index in [-0.39, 0.29) is 23.8 Å². The molecule has 0 bridgehead atoms. The van der Waals surface area contributed by atoms with Crippen LogP contribution in [0.5, 0.6) is 0 Å². The second-order valence-electron chi connectivity index (χ2n) is 4.70. The topological polar surface area (TPSA) is 58.4 Å². The van der Waals surface area contributed by atoms with Gasteiger partial charge in [-0.2, -0.15) is 13.2 Å². The van der Waals surface area contributed by atoms with Gasteiger partial charge in [-0.3, -0.25) is 0 Å². The van der Waals surface area contributed by atoms with Gasteiger partial charge in [0.15, 0.2) is 0 Å². The molecule has 1 saturated heterocycles. The minimum Gasteiger partial charge on any atom is -0.326 e. The molecule has 2 amide bonds. The first kappa shape index (κ1) is 14.6. The molecule has 0 spiro atoms. The van der Waals surface area contributed by atoms with Crippen molar-refractivity contribution in [3.8, 4) is 0 Å². The normalized spacial score (nSPS) is 15.5. The van der Waals surface area contributed by atoms with Gasteiger partial charge in [0.1, 0.15) is 0 Å². The summed E-state index contributed by atoms with van der Waals surface area (Å²) in [4.78, 5) is 13.4. The average Bonchev–Trinajstić information content (AvgIpc) is 2.91. The highest BCUT2D eigenvalue weighted by Crippen LogP contribution is 2.33. The third-order valence-corrected chi connectivity index (χ3v) is 3.28. The first-order valence-electron chi connectivity index (χ1n) is 6.38. The maximum Gasteiger partial charge on any atom is 0.416 e. The third kappa shape index (κ3) is 3.22. The Balaban J connectivity index is 2.18. The number of benzene rings is 1. The number of halogens is 3. The molecule has 1 aliphatic rings. The fourth-order valence-corrected chi connectivity index (χ4v) is 2.22. The van der Waals surface area contributed by atoms with Crippen molar-refractivity contribution in [1.82, 2.24) is 4.90 Å². The maximum atomic E-state index is 12.9. The lowest BCUT2D eigenvalue weighted by Crippen LogP contribution is -2.32. The highest BCUT2D eigenvalue weighted by Gasteiger charge is 2.33. The number of likely N-dealkylation sites (tertiary alicyclic amines) is 1. The molecule has 0 atom stereocenters. The van der Waals surface area contributed by atoms with E-state index in [4.69, 9.17) is 5.73 Å². The van der Waals surface area contributed by atoms with Gasteiger partial charge in [0.2, 0.25) is 0 Å². The van der Waals surface area contributed by atoms with Crippen LogP contribution in [0.2, 0.25) is 0 Å². The number of anilines is 1. The van der Waals surface area contributed by atoms with E-state index in [1.54, 1.807) is 4.90 Å². The smallest absolute Gasteiger partial charge is 0.326 e. The molecule has 20 heavy (non-hydrogen) atoms. The van der Waals surface area contributed by atoms with Crippen LogP contribution >= 0.6 is 0 Å². The Hall–Kier alpha value is -1.76. The van der Waals surface area contributed by atoms with E-state index in [0.29, 0.717) is 13.1 Å². The van der Waals surface area contributed by atoms with Crippen LogP contribution in [0.4, 0.5) is 23.7 Å². The number of carbonyl (C=O) groups is 1. The van der Waals surface area contributed by atoms with E-state index in [1.165, 1.54) is 12.1 Å². The molecule has 1 aromatic carbocycles. The van der Waals surface area contributed by atoms with E-state index in [0.717, 1.165) is 18.9 Å². The van der Waals surface area contributed by atoms with Gasteiger partial charge in [-0.15, -0.1) is 0 Å². The number of nitrogens with two attached hydrogens (primary N) is 1. The molecule has 110 valence electrons. The van der Waals surface area contributed by atoms with Crippen molar-refractivity contribution in [2.24, 2.45) is 5.73 Å². The fraction of sp³-hybridized carbons (Fsp3) is 0.462. The number of alkyl halides is 3. The van der Waals surface area contributed by atoms with Crippen molar-refractivity contribution >= 4 is 11.7 Å². The van der Waals surface area contributed by atoms with Crippen LogP contribution in [0.25, 0.3) is 0 Å². The largest absolute Gasteiger partial charge is 0.416 e. The number of hydrogen-bond acceptors (Lipinski definition) is 2. The standard InChI is InChI=1S/C13H16F3N3O/c14-13(15,16)11-7-10(4-3-9(11)8-17)18-12(20)19-5-1-2-6-19/h3-4,7H,1-2,5-6,8,17H2,(H,18,20). The van der Waals surface area contributed by atoms with Crippen molar-refractivity contribution in [2.75, 3.05) is 18.4 Å². The molecule has 0 unspecified atom stereocenters. The van der Waals surface area contributed by atoms with Gasteiger partial charge in [0, 0.05) is 25.3 Å². The number of nitrogens with zero attached hydrogens (tertiary/aromatic N) is 1. The molecule has 0 radical (unpaired) electrons. The molecule has 1 fully saturated rings. The fourth-order valence-electron chi connectivity index (χ4n) is 2.22. The number of carbonyl (C=O) groups excluding carboxylic acids is 1. The highest BCUT2D eigenvalue weighted by atomic mass is 19.4. The molecule has 0 aromatic heterocycles. The Morgan fingerprint density at radius 3 is 2.50 bits per heavy atom. The Morgan fingerprint density at radius 2 is 1.95 bits per heavy atom. The number of urea groups is 1. The SMILES string of the molecule is NCc1ccc(NC(=O)N2CCCC2)cc1C(F)(F)F. The predicted octanol–water partition coefficient (Wildman–Crippen LogP) is 2.79. The van der Waals surface area contributed by atoms with E-state index in [9.17, 15) is 18.0 Å². The molecule has 4 nitrogen and oxygen atoms in total. The van der Waals surface area contributed by atoms with Crippen LogP contribution in [0.1, 0.15) is 24.0 Å². The lowest BCUT2D eigenvalue weighted by molar-refractivity contribution is -0.138. The molecule has 1 heterocycles. The van der Waals surface area contributed by atoms with Gasteiger partial charge in [-0.25, -0.2) is 4.79 Å². The second-order valence-corrected chi connectivity index (χ2v) is 4.70. The van der Waals surface area contributed by atoms with Crippen LogP contribution in [-0.2, 0) is 12.7 Å². The summed E-state index contributed by atoms with van der Waals surface area (Å²) in [6, 6.07) is 3.29. The minimum absolute atomic E-state index is 0.0108. The average molecular weight is 287 g/mol. The summed E-state index contributed by atoms with van der Waals surface area (Å²) in [5, 5.41) is 2.49. The molecule has 2 rings (SSSR count). The van der Waals surface area contributed by atoms with Crippen molar-refractivity contribution in [3.05, 3.63) is 29.3 Å². The van der Waals surface area contributed by atoms with Gasteiger partial charge in [-0.1, -0.05) is 6.07 Å². The minimum atomic E-state index is -4.48. The van der Waals surface area contributed by atoms with Gasteiger partial charge in [0.25, 0.3) is 0 Å². The summed E-state index contributed by atoms with van der Waals surface area (Å²) in [6.07, 6.45) is -2.64. The van der Waals surface area contributed by atoms with Crippen molar-refractivity contribution in [2.45, 2.75) is 25.6 Å². The zero-order chi connectivity index (χ0) is 14.8. The van der Waals surface area contributed by atoms with E-state index >= 15 is 0 Å². The third-order valence-electron chi connectivity index (χ3n) is 3.28. The van der Waals surface area contributed by atoms with Crippen LogP contribution < -0.4 is 11.1 Å². The number of rotatable bonds is 2. The summed E-state index contributed by atoms with van der Waals surface area (Å²) in [5.74, 6) is 0. The Morgan fingerprint density at radius 1 is 1.30 bits per heavy atom. The molecular weight excluding hydrogens is 271 g/mol. The van der Waals surface area contributed by atoms with Crippen molar-refractivity contribution in [1.29, 1.82) is 0 Å². The molecular formula is C13H16F3N3O. The van der Waals surface area contributed by atoms with Gasteiger partial charge in [0.05, 0.1) is 5.56 Å². The highest BCUT2D eigenvalue weighted by molar-refractivity contribution is 5.89. The summed E-state index contributed by atoms with van der Waals surface area (Å²) in [7, 11) is 0. The summed E-state index contributed by atoms with van der Waals surface area (Å²) >= 11 is 0. The lowest BCUT2D eigenvalue weighted by atomic mass is 10.1. The van der Waals surface area contributed by atoms with E-state index in [1.807, 2.05) is 0 Å². The van der Waals surface area contributed by atoms with Crippen molar-refractivity contribution < 1.29 is 18.0 Å². The van der Waals surface area contributed by atoms with Gasteiger partial charge >= 0.3 is 12.2 Å². The number of amides is 2. The molecule has 0 aliphatic carbocycles. The number of hydrogen-bond donors (Lipinski definition) is 2. The van der Waals surface area contributed by atoms with Crippen LogP contribution in [0.3, 0.4) is 0 Å². The molecule has 0 saturated carbocycles. The summed E-state index contributed by atoms with van der Waals surface area (Å²) < 4.78 is 38.6. The first-order valence-corrected chi connectivity index (χ1v) is 6.38. The van der Waals surface area contributed by atoms with E-state index < -0.39 is 11.7 Å². The van der Waals surface area contributed by atoms with Gasteiger partial charge in [-0.05, 0) is 30.5 Å². The molecule has 3 N–H and O–H groups in total.